The fourth-order valence-electron chi connectivity index (χ4n) is 4.01. The van der Waals surface area contributed by atoms with Gasteiger partial charge in [-0.05, 0) is 36.4 Å². The maximum Gasteiger partial charge on any atom is 0.223 e. The summed E-state index contributed by atoms with van der Waals surface area (Å²) in [5, 5.41) is 0.172. The van der Waals surface area contributed by atoms with E-state index in [1.807, 2.05) is 0 Å². The van der Waals surface area contributed by atoms with Crippen LogP contribution in [0, 0.1) is 5.41 Å². The van der Waals surface area contributed by atoms with E-state index in [9.17, 15) is 4.79 Å². The number of likely N-dealkylation sites (tertiary alicyclic amines) is 1. The summed E-state index contributed by atoms with van der Waals surface area (Å²) in [5.41, 5.74) is 0.940. The second-order valence-electron chi connectivity index (χ2n) is 8.98. The highest BCUT2D eigenvalue weighted by atomic mass is 16.2. The molecule has 5 heteroatoms. The molecule has 0 aromatic carbocycles. The van der Waals surface area contributed by atoms with Crippen molar-refractivity contribution in [3.63, 3.8) is 0 Å². The van der Waals surface area contributed by atoms with Crippen LogP contribution in [0.25, 0.3) is 0 Å². The standard InChI is InChI=1S/C18H38B3NO/c1-6-13-10-9-11-15(23)22(13)14(18(5,21)8-3)12-17(4,7-2)16(19)20/h13-14,16H,6-12,19-21H2,1-5H3. The van der Waals surface area contributed by atoms with E-state index in [0.29, 0.717) is 29.1 Å². The van der Waals surface area contributed by atoms with Crippen molar-refractivity contribution in [1.29, 1.82) is 0 Å². The summed E-state index contributed by atoms with van der Waals surface area (Å²) in [6.07, 6.45) is 7.52. The van der Waals surface area contributed by atoms with Gasteiger partial charge in [-0.1, -0.05) is 53.2 Å². The lowest BCUT2D eigenvalue weighted by atomic mass is 9.50. The van der Waals surface area contributed by atoms with Gasteiger partial charge in [0.25, 0.3) is 0 Å². The van der Waals surface area contributed by atoms with Crippen LogP contribution in [-0.2, 0) is 4.79 Å². The number of hydrogen-bond acceptors (Lipinski definition) is 1. The van der Waals surface area contributed by atoms with E-state index in [1.54, 1.807) is 0 Å². The fraction of sp³-hybridized carbons (Fsp3) is 0.944. The van der Waals surface area contributed by atoms with Gasteiger partial charge >= 0.3 is 0 Å². The molecule has 0 aromatic heterocycles. The third-order valence-corrected chi connectivity index (χ3v) is 7.09. The quantitative estimate of drug-likeness (QED) is 0.629. The molecule has 0 bridgehead atoms. The van der Waals surface area contributed by atoms with Gasteiger partial charge in [0.1, 0.15) is 7.85 Å². The number of amides is 1. The van der Waals surface area contributed by atoms with E-state index in [1.165, 1.54) is 12.8 Å². The molecule has 23 heavy (non-hydrogen) atoms. The van der Waals surface area contributed by atoms with Crippen LogP contribution in [0.2, 0.25) is 11.0 Å². The molecule has 4 atom stereocenters. The van der Waals surface area contributed by atoms with Crippen LogP contribution in [0.1, 0.15) is 79.6 Å². The monoisotopic (exact) mass is 317 g/mol. The second kappa shape index (κ2) is 8.16. The van der Waals surface area contributed by atoms with Gasteiger partial charge < -0.3 is 4.90 Å². The minimum atomic E-state index is 0.172. The summed E-state index contributed by atoms with van der Waals surface area (Å²) >= 11 is 0. The Hall–Kier alpha value is -0.335. The first-order chi connectivity index (χ1) is 10.6. The number of nitrogens with zero attached hydrogens (tertiary/aromatic N) is 1. The van der Waals surface area contributed by atoms with Gasteiger partial charge in [-0.3, -0.25) is 4.79 Å². The smallest absolute Gasteiger partial charge is 0.223 e. The van der Waals surface area contributed by atoms with Crippen molar-refractivity contribution in [2.45, 2.75) is 103 Å². The zero-order chi connectivity index (χ0) is 17.8. The van der Waals surface area contributed by atoms with Crippen molar-refractivity contribution in [3.8, 4) is 0 Å². The molecule has 4 unspecified atom stereocenters. The molecule has 0 saturated carbocycles. The Labute approximate surface area is 147 Å². The Morgan fingerprint density at radius 1 is 1.22 bits per heavy atom. The first kappa shape index (κ1) is 20.7. The highest BCUT2D eigenvalue weighted by molar-refractivity contribution is 6.36. The van der Waals surface area contributed by atoms with E-state index in [0.717, 1.165) is 32.1 Å². The lowest BCUT2D eigenvalue weighted by Crippen LogP contribution is -2.55. The number of hydrogen-bond donors (Lipinski definition) is 0. The first-order valence-electron chi connectivity index (χ1n) is 9.94. The molecular formula is C18H38B3NO. The number of rotatable bonds is 8. The minimum absolute atomic E-state index is 0.172. The Bertz CT molecular complexity index is 400. The summed E-state index contributed by atoms with van der Waals surface area (Å²) in [6.45, 7) is 11.6. The van der Waals surface area contributed by atoms with Gasteiger partial charge in [0.05, 0.1) is 15.7 Å². The summed E-state index contributed by atoms with van der Waals surface area (Å²) in [5.74, 6) is 0.400. The van der Waals surface area contributed by atoms with Crippen LogP contribution in [0.4, 0.5) is 0 Å². The maximum atomic E-state index is 12.8. The van der Waals surface area contributed by atoms with Crippen molar-refractivity contribution in [1.82, 2.24) is 4.90 Å². The lowest BCUT2D eigenvalue weighted by molar-refractivity contribution is -0.141. The molecule has 0 aliphatic carbocycles. The normalized spacial score (nSPS) is 25.9. The van der Waals surface area contributed by atoms with Crippen molar-refractivity contribution < 1.29 is 4.79 Å². The molecule has 1 fully saturated rings. The van der Waals surface area contributed by atoms with Crippen LogP contribution in [-0.4, -0.2) is 46.4 Å². The molecule has 0 aromatic rings. The van der Waals surface area contributed by atoms with E-state index in [-0.39, 0.29) is 5.31 Å². The minimum Gasteiger partial charge on any atom is -0.337 e. The average Bonchev–Trinajstić information content (AvgIpc) is 2.52. The van der Waals surface area contributed by atoms with E-state index >= 15 is 0 Å². The van der Waals surface area contributed by atoms with Gasteiger partial charge in [-0.2, -0.15) is 0 Å². The van der Waals surface area contributed by atoms with E-state index < -0.39 is 0 Å². The Morgan fingerprint density at radius 2 is 1.83 bits per heavy atom. The molecule has 1 saturated heterocycles. The summed E-state index contributed by atoms with van der Waals surface area (Å²) in [4.78, 5) is 15.2. The molecule has 130 valence electrons. The predicted molar refractivity (Wildman–Crippen MR) is 110 cm³/mol. The van der Waals surface area contributed by atoms with Crippen LogP contribution >= 0.6 is 0 Å². The summed E-state index contributed by atoms with van der Waals surface area (Å²) in [6, 6.07) is 0.804. The fourth-order valence-corrected chi connectivity index (χ4v) is 4.01. The zero-order valence-corrected chi connectivity index (χ0v) is 17.0. The van der Waals surface area contributed by atoms with Gasteiger partial charge in [-0.25, -0.2) is 0 Å². The third kappa shape index (κ3) is 4.60. The van der Waals surface area contributed by atoms with Gasteiger partial charge in [0, 0.05) is 18.5 Å². The van der Waals surface area contributed by atoms with Crippen LogP contribution in [0.5, 0.6) is 0 Å². The highest BCUT2D eigenvalue weighted by Crippen LogP contribution is 2.46. The first-order valence-corrected chi connectivity index (χ1v) is 9.94. The third-order valence-electron chi connectivity index (χ3n) is 7.09. The molecule has 1 amide bonds. The van der Waals surface area contributed by atoms with Crippen LogP contribution < -0.4 is 0 Å². The average molecular weight is 317 g/mol. The predicted octanol–water partition coefficient (Wildman–Crippen LogP) is 2.19. The van der Waals surface area contributed by atoms with Crippen molar-refractivity contribution in [2.75, 3.05) is 0 Å². The molecule has 0 radical (unpaired) electrons. The molecule has 1 rings (SSSR count). The molecule has 1 heterocycles. The molecule has 0 N–H and O–H groups in total. The molecule has 1 aliphatic rings. The SMILES string of the molecule is BC(B)C(C)(CC)CC(N1C(=O)CCCC1CC)C(B)(C)CC. The van der Waals surface area contributed by atoms with E-state index in [4.69, 9.17) is 0 Å². The van der Waals surface area contributed by atoms with Crippen LogP contribution in [0.3, 0.4) is 0 Å². The maximum absolute atomic E-state index is 12.8. The Balaban J connectivity index is 3.21. The Morgan fingerprint density at radius 3 is 2.26 bits per heavy atom. The lowest BCUT2D eigenvalue weighted by Gasteiger charge is -2.51. The largest absolute Gasteiger partial charge is 0.337 e. The molecule has 0 spiro atoms. The van der Waals surface area contributed by atoms with Crippen molar-refractivity contribution in [3.05, 3.63) is 0 Å². The number of carbonyl (C=O) groups excluding carboxylic acids is 1. The van der Waals surface area contributed by atoms with Crippen molar-refractivity contribution >= 4 is 29.4 Å². The second-order valence-corrected chi connectivity index (χ2v) is 8.98. The molecule has 1 aliphatic heterocycles. The summed E-state index contributed by atoms with van der Waals surface area (Å²) in [7, 11) is 7.05. The topological polar surface area (TPSA) is 20.3 Å². The number of piperidine rings is 1. The highest BCUT2D eigenvalue weighted by Gasteiger charge is 2.43. The zero-order valence-electron chi connectivity index (χ0n) is 17.0. The van der Waals surface area contributed by atoms with Gasteiger partial charge in [0.2, 0.25) is 5.91 Å². The molecule has 2 nitrogen and oxygen atoms in total. The summed E-state index contributed by atoms with van der Waals surface area (Å²) < 4.78 is 0. The van der Waals surface area contributed by atoms with Gasteiger partial charge in [0.15, 0.2) is 0 Å². The van der Waals surface area contributed by atoms with Crippen LogP contribution in [0.15, 0.2) is 0 Å². The molecular weight excluding hydrogens is 279 g/mol. The Kier molecular flexibility index (Phi) is 7.35. The van der Waals surface area contributed by atoms with Gasteiger partial charge in [-0.15, -0.1) is 0 Å². The number of carbonyl (C=O) groups is 1. The van der Waals surface area contributed by atoms with E-state index in [2.05, 4.69) is 63.1 Å². The van der Waals surface area contributed by atoms with Crippen molar-refractivity contribution in [2.24, 2.45) is 5.41 Å².